The van der Waals surface area contributed by atoms with E-state index in [1.54, 1.807) is 0 Å². The van der Waals surface area contributed by atoms with Gasteiger partial charge >= 0.3 is 0 Å². The molecule has 0 aliphatic carbocycles. The van der Waals surface area contributed by atoms with E-state index in [1.807, 2.05) is 42.6 Å². The molecule has 100 valence electrons. The average Bonchev–Trinajstić information content (AvgIpc) is 2.53. The highest BCUT2D eigenvalue weighted by atomic mass is 16.5. The van der Waals surface area contributed by atoms with E-state index in [-0.39, 0.29) is 0 Å². The van der Waals surface area contributed by atoms with Gasteiger partial charge in [0.1, 0.15) is 12.4 Å². The van der Waals surface area contributed by atoms with Crippen molar-refractivity contribution in [1.29, 1.82) is 0 Å². The molecule has 0 amide bonds. The van der Waals surface area contributed by atoms with Gasteiger partial charge in [-0.05, 0) is 36.2 Å². The number of hydrogen-bond acceptors (Lipinski definition) is 2. The van der Waals surface area contributed by atoms with Crippen LogP contribution < -0.4 is 4.74 Å². The fraction of sp³-hybridized carbons (Fsp3) is 0.167. The molecule has 1 heterocycles. The summed E-state index contributed by atoms with van der Waals surface area (Å²) in [6.07, 6.45) is 2.86. The summed E-state index contributed by atoms with van der Waals surface area (Å²) in [6.45, 7) is 2.71. The quantitative estimate of drug-likeness (QED) is 0.697. The Morgan fingerprint density at radius 2 is 1.90 bits per heavy atom. The number of fused-ring (bicyclic) bond motifs is 1. The van der Waals surface area contributed by atoms with Gasteiger partial charge in [-0.15, -0.1) is 0 Å². The molecule has 0 saturated carbocycles. The maximum atomic E-state index is 5.91. The Morgan fingerprint density at radius 1 is 1.00 bits per heavy atom. The third kappa shape index (κ3) is 2.64. The van der Waals surface area contributed by atoms with Crippen molar-refractivity contribution in [2.45, 2.75) is 20.0 Å². The number of nitrogens with zero attached hydrogens (tertiary/aromatic N) is 1. The zero-order valence-corrected chi connectivity index (χ0v) is 11.5. The highest BCUT2D eigenvalue weighted by molar-refractivity contribution is 5.81. The Hall–Kier alpha value is -2.35. The summed E-state index contributed by atoms with van der Waals surface area (Å²) in [7, 11) is 0. The second-order valence-corrected chi connectivity index (χ2v) is 4.78. The standard InChI is InChI=1S/C18H17NO/c1-2-14-6-5-7-16(12-14)20-13-15-10-11-19-18-9-4-3-8-17(15)18/h3-12H,2,13H2,1H3. The van der Waals surface area contributed by atoms with Crippen molar-refractivity contribution in [2.24, 2.45) is 0 Å². The SMILES string of the molecule is CCc1cccc(OCc2ccnc3ccccc23)c1. The predicted octanol–water partition coefficient (Wildman–Crippen LogP) is 4.38. The van der Waals surface area contributed by atoms with Crippen LogP contribution in [0.15, 0.2) is 60.8 Å². The first-order chi connectivity index (χ1) is 9.86. The van der Waals surface area contributed by atoms with Crippen LogP contribution in [0.3, 0.4) is 0 Å². The number of rotatable bonds is 4. The maximum Gasteiger partial charge on any atom is 0.120 e. The minimum atomic E-state index is 0.566. The van der Waals surface area contributed by atoms with Crippen molar-refractivity contribution in [3.8, 4) is 5.75 Å². The summed E-state index contributed by atoms with van der Waals surface area (Å²) >= 11 is 0. The number of benzene rings is 2. The smallest absolute Gasteiger partial charge is 0.120 e. The largest absolute Gasteiger partial charge is 0.489 e. The second kappa shape index (κ2) is 5.74. The predicted molar refractivity (Wildman–Crippen MR) is 81.9 cm³/mol. The van der Waals surface area contributed by atoms with E-state index in [1.165, 1.54) is 5.56 Å². The molecule has 0 spiro atoms. The van der Waals surface area contributed by atoms with Crippen molar-refractivity contribution in [3.63, 3.8) is 0 Å². The van der Waals surface area contributed by atoms with E-state index in [4.69, 9.17) is 4.74 Å². The first-order valence-electron chi connectivity index (χ1n) is 6.91. The zero-order chi connectivity index (χ0) is 13.8. The van der Waals surface area contributed by atoms with Gasteiger partial charge in [0.15, 0.2) is 0 Å². The minimum Gasteiger partial charge on any atom is -0.489 e. The lowest BCUT2D eigenvalue weighted by molar-refractivity contribution is 0.307. The highest BCUT2D eigenvalue weighted by Crippen LogP contribution is 2.20. The van der Waals surface area contributed by atoms with Crippen LogP contribution in [-0.4, -0.2) is 4.98 Å². The molecule has 2 heteroatoms. The van der Waals surface area contributed by atoms with Crippen molar-refractivity contribution in [2.75, 3.05) is 0 Å². The van der Waals surface area contributed by atoms with Gasteiger partial charge < -0.3 is 4.74 Å². The molecule has 3 aromatic rings. The van der Waals surface area contributed by atoms with Crippen molar-refractivity contribution in [3.05, 3.63) is 71.9 Å². The van der Waals surface area contributed by atoms with Crippen molar-refractivity contribution in [1.82, 2.24) is 4.98 Å². The van der Waals surface area contributed by atoms with Crippen LogP contribution in [0.5, 0.6) is 5.75 Å². The van der Waals surface area contributed by atoms with E-state index in [0.29, 0.717) is 6.61 Å². The molecular formula is C18H17NO. The normalized spacial score (nSPS) is 10.7. The topological polar surface area (TPSA) is 22.1 Å². The molecule has 2 aromatic carbocycles. The number of ether oxygens (including phenoxy) is 1. The Kier molecular flexibility index (Phi) is 3.64. The second-order valence-electron chi connectivity index (χ2n) is 4.78. The Balaban J connectivity index is 1.83. The van der Waals surface area contributed by atoms with Crippen LogP contribution >= 0.6 is 0 Å². The Bertz CT molecular complexity index is 716. The van der Waals surface area contributed by atoms with Crippen LogP contribution in [0.25, 0.3) is 10.9 Å². The van der Waals surface area contributed by atoms with Crippen molar-refractivity contribution < 1.29 is 4.74 Å². The van der Waals surface area contributed by atoms with Gasteiger partial charge in [0, 0.05) is 17.1 Å². The molecule has 1 aromatic heterocycles. The molecule has 0 radical (unpaired) electrons. The van der Waals surface area contributed by atoms with E-state index >= 15 is 0 Å². The van der Waals surface area contributed by atoms with Crippen LogP contribution in [0.1, 0.15) is 18.1 Å². The minimum absolute atomic E-state index is 0.566. The van der Waals surface area contributed by atoms with Crippen molar-refractivity contribution >= 4 is 10.9 Å². The fourth-order valence-electron chi connectivity index (χ4n) is 2.30. The number of aromatic nitrogens is 1. The van der Waals surface area contributed by atoms with Gasteiger partial charge in [-0.3, -0.25) is 4.98 Å². The number of pyridine rings is 1. The van der Waals surface area contributed by atoms with Gasteiger partial charge in [0.2, 0.25) is 0 Å². The molecule has 3 rings (SSSR count). The number of aryl methyl sites for hydroxylation is 1. The molecule has 0 aliphatic heterocycles. The molecule has 0 fully saturated rings. The third-order valence-corrected chi connectivity index (χ3v) is 3.44. The first-order valence-corrected chi connectivity index (χ1v) is 6.91. The zero-order valence-electron chi connectivity index (χ0n) is 11.5. The fourth-order valence-corrected chi connectivity index (χ4v) is 2.30. The third-order valence-electron chi connectivity index (χ3n) is 3.44. The summed E-state index contributed by atoms with van der Waals surface area (Å²) in [5, 5.41) is 1.15. The molecule has 0 bridgehead atoms. The average molecular weight is 263 g/mol. The summed E-state index contributed by atoms with van der Waals surface area (Å²) in [5.74, 6) is 0.922. The molecule has 20 heavy (non-hydrogen) atoms. The molecule has 2 nitrogen and oxygen atoms in total. The van der Waals surface area contributed by atoms with E-state index in [0.717, 1.165) is 28.6 Å². The van der Waals surface area contributed by atoms with Crippen LogP contribution in [0.4, 0.5) is 0 Å². The monoisotopic (exact) mass is 263 g/mol. The van der Waals surface area contributed by atoms with Crippen LogP contribution in [0, 0.1) is 0 Å². The van der Waals surface area contributed by atoms with Gasteiger partial charge in [-0.25, -0.2) is 0 Å². The summed E-state index contributed by atoms with van der Waals surface area (Å²) in [6, 6.07) is 18.4. The summed E-state index contributed by atoms with van der Waals surface area (Å²) in [5.41, 5.74) is 3.47. The van der Waals surface area contributed by atoms with Crippen LogP contribution in [-0.2, 0) is 13.0 Å². The molecule has 0 aliphatic rings. The Labute approximate surface area is 119 Å². The molecule has 0 saturated heterocycles. The maximum absolute atomic E-state index is 5.91. The molecule has 0 unspecified atom stereocenters. The molecular weight excluding hydrogens is 246 g/mol. The van der Waals surface area contributed by atoms with E-state index in [9.17, 15) is 0 Å². The van der Waals surface area contributed by atoms with Gasteiger partial charge in [0.05, 0.1) is 5.52 Å². The number of para-hydroxylation sites is 1. The van der Waals surface area contributed by atoms with Gasteiger partial charge in [0.25, 0.3) is 0 Å². The summed E-state index contributed by atoms with van der Waals surface area (Å²) < 4.78 is 5.91. The van der Waals surface area contributed by atoms with E-state index < -0.39 is 0 Å². The van der Waals surface area contributed by atoms with Gasteiger partial charge in [-0.1, -0.05) is 37.3 Å². The summed E-state index contributed by atoms with van der Waals surface area (Å²) in [4.78, 5) is 4.37. The first kappa shape index (κ1) is 12.7. The highest BCUT2D eigenvalue weighted by Gasteiger charge is 2.02. The lowest BCUT2D eigenvalue weighted by Crippen LogP contribution is -1.97. The van der Waals surface area contributed by atoms with E-state index in [2.05, 4.69) is 30.1 Å². The lowest BCUT2D eigenvalue weighted by atomic mass is 10.1. The molecule has 0 atom stereocenters. The number of hydrogen-bond donors (Lipinski definition) is 0. The Morgan fingerprint density at radius 3 is 2.80 bits per heavy atom. The molecule has 0 N–H and O–H groups in total. The lowest BCUT2D eigenvalue weighted by Gasteiger charge is -2.09. The van der Waals surface area contributed by atoms with Crippen LogP contribution in [0.2, 0.25) is 0 Å². The van der Waals surface area contributed by atoms with Gasteiger partial charge in [-0.2, -0.15) is 0 Å².